The maximum atomic E-state index is 11.6. The quantitative estimate of drug-likeness (QED) is 0.791. The highest BCUT2D eigenvalue weighted by Gasteiger charge is 2.19. The first-order valence-electron chi connectivity index (χ1n) is 5.84. The van der Waals surface area contributed by atoms with Crippen LogP contribution in [0.15, 0.2) is 18.2 Å². The molecule has 0 aliphatic rings. The first-order chi connectivity index (χ1) is 9.45. The molecule has 0 saturated carbocycles. The second-order valence-electron chi connectivity index (χ2n) is 4.07. The summed E-state index contributed by atoms with van der Waals surface area (Å²) in [5, 5.41) is 11.7. The lowest BCUT2D eigenvalue weighted by Crippen LogP contribution is -2.45. The van der Waals surface area contributed by atoms with Gasteiger partial charge in [0, 0.05) is 17.7 Å². The number of benzene rings is 1. The molecule has 6 nitrogen and oxygen atoms in total. The van der Waals surface area contributed by atoms with Crippen LogP contribution in [0, 0.1) is 6.92 Å². The average Bonchev–Trinajstić information content (AvgIpc) is 2.40. The van der Waals surface area contributed by atoms with Crippen molar-refractivity contribution in [2.24, 2.45) is 0 Å². The molecule has 1 atom stereocenters. The van der Waals surface area contributed by atoms with Gasteiger partial charge in [-0.2, -0.15) is 0 Å². The lowest BCUT2D eigenvalue weighted by atomic mass is 10.2. The van der Waals surface area contributed by atoms with Crippen molar-refractivity contribution in [3.63, 3.8) is 0 Å². The molecule has 7 heteroatoms. The second kappa shape index (κ2) is 7.72. The Bertz CT molecular complexity index is 492. The molecule has 1 amide bonds. The predicted octanol–water partition coefficient (Wildman–Crippen LogP) is 1.24. The number of methoxy groups -OCH3 is 1. The fourth-order valence-corrected chi connectivity index (χ4v) is 1.63. The highest BCUT2D eigenvalue weighted by atomic mass is 35.5. The van der Waals surface area contributed by atoms with Crippen molar-refractivity contribution < 1.29 is 24.2 Å². The molecular weight excluding hydrogens is 286 g/mol. The summed E-state index contributed by atoms with van der Waals surface area (Å²) in [6, 6.07) is 3.99. The molecule has 1 aromatic carbocycles. The lowest BCUT2D eigenvalue weighted by molar-refractivity contribution is -0.143. The maximum Gasteiger partial charge on any atom is 0.328 e. The molecule has 0 heterocycles. The highest BCUT2D eigenvalue weighted by molar-refractivity contribution is 6.31. The summed E-state index contributed by atoms with van der Waals surface area (Å²) in [6.07, 6.45) is 0. The van der Waals surface area contributed by atoms with E-state index in [0.29, 0.717) is 16.3 Å². The third kappa shape index (κ3) is 4.71. The lowest BCUT2D eigenvalue weighted by Gasteiger charge is -2.14. The monoisotopic (exact) mass is 301 g/mol. The Hall–Kier alpha value is -1.79. The molecule has 0 bridgehead atoms. The maximum absolute atomic E-state index is 11.6. The topological polar surface area (TPSA) is 84.9 Å². The van der Waals surface area contributed by atoms with Crippen LogP contribution in [0.5, 0.6) is 5.75 Å². The van der Waals surface area contributed by atoms with Gasteiger partial charge in [0.15, 0.2) is 12.6 Å². The van der Waals surface area contributed by atoms with E-state index in [1.165, 1.54) is 7.11 Å². The Kier molecular flexibility index (Phi) is 6.27. The molecule has 2 N–H and O–H groups in total. The summed E-state index contributed by atoms with van der Waals surface area (Å²) in [5.74, 6) is -1.24. The summed E-state index contributed by atoms with van der Waals surface area (Å²) in [5.41, 5.74) is 0.716. The van der Waals surface area contributed by atoms with E-state index in [4.69, 9.17) is 26.2 Å². The van der Waals surface area contributed by atoms with E-state index in [2.05, 4.69) is 5.32 Å². The number of carbonyl (C=O) groups is 2. The molecule has 0 aliphatic carbocycles. The van der Waals surface area contributed by atoms with Gasteiger partial charge in [0.2, 0.25) is 0 Å². The SMILES string of the molecule is COCC(NC(=O)COc1cccc(Cl)c1C)C(=O)O. The summed E-state index contributed by atoms with van der Waals surface area (Å²) in [7, 11) is 1.36. The van der Waals surface area contributed by atoms with Crippen LogP contribution in [0.4, 0.5) is 0 Å². The van der Waals surface area contributed by atoms with Gasteiger partial charge in [0.25, 0.3) is 5.91 Å². The van der Waals surface area contributed by atoms with Gasteiger partial charge in [0.05, 0.1) is 6.61 Å². The van der Waals surface area contributed by atoms with E-state index >= 15 is 0 Å². The molecule has 0 aliphatic heterocycles. The molecule has 1 aromatic rings. The zero-order valence-corrected chi connectivity index (χ0v) is 11.9. The number of rotatable bonds is 7. The molecule has 0 saturated heterocycles. The van der Waals surface area contributed by atoms with Gasteiger partial charge in [-0.15, -0.1) is 0 Å². The number of hydrogen-bond acceptors (Lipinski definition) is 4. The number of aliphatic carboxylic acids is 1. The standard InChI is InChI=1S/C13H16ClNO5/c1-8-9(14)4-3-5-11(8)20-7-12(16)15-10(6-19-2)13(17)18/h3-5,10H,6-7H2,1-2H3,(H,15,16)(H,17,18). The first-order valence-corrected chi connectivity index (χ1v) is 6.22. The van der Waals surface area contributed by atoms with Crippen molar-refractivity contribution >= 4 is 23.5 Å². The molecular formula is C13H16ClNO5. The number of amides is 1. The smallest absolute Gasteiger partial charge is 0.328 e. The summed E-state index contributed by atoms with van der Waals surface area (Å²) < 4.78 is 10.0. The first kappa shape index (κ1) is 16.3. The predicted molar refractivity (Wildman–Crippen MR) is 73.1 cm³/mol. The zero-order chi connectivity index (χ0) is 15.1. The molecule has 110 valence electrons. The second-order valence-corrected chi connectivity index (χ2v) is 4.47. The molecule has 0 radical (unpaired) electrons. The van der Waals surface area contributed by atoms with Crippen molar-refractivity contribution in [3.05, 3.63) is 28.8 Å². The van der Waals surface area contributed by atoms with Crippen LogP contribution in [-0.2, 0) is 14.3 Å². The summed E-state index contributed by atoms with van der Waals surface area (Å²) >= 11 is 5.92. The number of carboxylic acid groups (broad SMARTS) is 1. The fraction of sp³-hybridized carbons (Fsp3) is 0.385. The van der Waals surface area contributed by atoms with Gasteiger partial charge in [-0.1, -0.05) is 17.7 Å². The van der Waals surface area contributed by atoms with Crippen molar-refractivity contribution in [1.29, 1.82) is 0 Å². The van der Waals surface area contributed by atoms with Crippen LogP contribution < -0.4 is 10.1 Å². The minimum Gasteiger partial charge on any atom is -0.483 e. The summed E-state index contributed by atoms with van der Waals surface area (Å²) in [4.78, 5) is 22.5. The van der Waals surface area contributed by atoms with Crippen LogP contribution in [0.3, 0.4) is 0 Å². The van der Waals surface area contributed by atoms with E-state index in [1.54, 1.807) is 25.1 Å². The van der Waals surface area contributed by atoms with Crippen molar-refractivity contribution in [2.75, 3.05) is 20.3 Å². The van der Waals surface area contributed by atoms with Gasteiger partial charge < -0.3 is 19.9 Å². The summed E-state index contributed by atoms with van der Waals surface area (Å²) in [6.45, 7) is 1.35. The van der Waals surface area contributed by atoms with Crippen LogP contribution in [-0.4, -0.2) is 43.3 Å². The number of carboxylic acids is 1. The van der Waals surface area contributed by atoms with E-state index in [0.717, 1.165) is 0 Å². The molecule has 0 aromatic heterocycles. The number of nitrogens with one attached hydrogen (secondary N) is 1. The number of ether oxygens (including phenoxy) is 2. The van der Waals surface area contributed by atoms with Crippen LogP contribution in [0.2, 0.25) is 5.02 Å². The van der Waals surface area contributed by atoms with E-state index in [1.807, 2.05) is 0 Å². The molecule has 0 spiro atoms. The molecule has 1 unspecified atom stereocenters. The third-order valence-electron chi connectivity index (χ3n) is 2.54. The Morgan fingerprint density at radius 3 is 2.75 bits per heavy atom. The molecule has 0 fully saturated rings. The number of halogens is 1. The Labute approximate surface area is 121 Å². The zero-order valence-electron chi connectivity index (χ0n) is 11.2. The molecule has 20 heavy (non-hydrogen) atoms. The largest absolute Gasteiger partial charge is 0.483 e. The van der Waals surface area contributed by atoms with Crippen molar-refractivity contribution in [1.82, 2.24) is 5.32 Å². The van der Waals surface area contributed by atoms with Gasteiger partial charge >= 0.3 is 5.97 Å². The average molecular weight is 302 g/mol. The van der Waals surface area contributed by atoms with Gasteiger partial charge in [0.1, 0.15) is 5.75 Å². The Morgan fingerprint density at radius 2 is 2.15 bits per heavy atom. The molecule has 1 rings (SSSR count). The minimum absolute atomic E-state index is 0.114. The van der Waals surface area contributed by atoms with Gasteiger partial charge in [-0.3, -0.25) is 4.79 Å². The van der Waals surface area contributed by atoms with Crippen LogP contribution in [0.1, 0.15) is 5.56 Å². The van der Waals surface area contributed by atoms with Crippen LogP contribution in [0.25, 0.3) is 0 Å². The van der Waals surface area contributed by atoms with Gasteiger partial charge in [-0.25, -0.2) is 4.79 Å². The van der Waals surface area contributed by atoms with Gasteiger partial charge in [-0.05, 0) is 19.1 Å². The van der Waals surface area contributed by atoms with Crippen molar-refractivity contribution in [3.8, 4) is 5.75 Å². The number of carbonyl (C=O) groups excluding carboxylic acids is 1. The van der Waals surface area contributed by atoms with E-state index < -0.39 is 17.9 Å². The highest BCUT2D eigenvalue weighted by Crippen LogP contribution is 2.24. The number of hydrogen-bond donors (Lipinski definition) is 2. The van der Waals surface area contributed by atoms with Crippen molar-refractivity contribution in [2.45, 2.75) is 13.0 Å². The van der Waals surface area contributed by atoms with E-state index in [9.17, 15) is 9.59 Å². The van der Waals surface area contributed by atoms with Crippen LogP contribution >= 0.6 is 11.6 Å². The minimum atomic E-state index is -1.17. The Balaban J connectivity index is 2.54. The van der Waals surface area contributed by atoms with E-state index in [-0.39, 0.29) is 13.2 Å². The normalized spacial score (nSPS) is 11.8. The third-order valence-corrected chi connectivity index (χ3v) is 2.95. The fourth-order valence-electron chi connectivity index (χ4n) is 1.46. The Morgan fingerprint density at radius 1 is 1.45 bits per heavy atom.